The van der Waals surface area contributed by atoms with E-state index in [1.165, 1.54) is 35.5 Å². The number of aromatic hydroxyl groups is 1. The third kappa shape index (κ3) is 5.24. The third-order valence-electron chi connectivity index (χ3n) is 6.44. The molecule has 34 heavy (non-hydrogen) atoms. The molecular weight excluding hydrogens is 456 g/mol. The summed E-state index contributed by atoms with van der Waals surface area (Å²) in [6.45, 7) is 5.78. The van der Waals surface area contributed by atoms with Crippen molar-refractivity contribution in [2.45, 2.75) is 11.8 Å². The Morgan fingerprint density at radius 1 is 0.853 bits per heavy atom. The average molecular weight is 487 g/mol. The monoisotopic (exact) mass is 486 g/mol. The predicted octanol–water partition coefficient (Wildman–Crippen LogP) is 1.25. The van der Waals surface area contributed by atoms with Crippen molar-refractivity contribution in [1.29, 1.82) is 0 Å². The molecule has 1 N–H and O–H groups in total. The molecule has 0 radical (unpaired) electrons. The summed E-state index contributed by atoms with van der Waals surface area (Å²) in [4.78, 5) is 30.3. The maximum Gasteiger partial charge on any atom is 0.243 e. The van der Waals surface area contributed by atoms with Gasteiger partial charge in [-0.3, -0.25) is 14.5 Å². The fourth-order valence-electron chi connectivity index (χ4n) is 4.36. The Balaban J connectivity index is 1.27. The first-order valence-corrected chi connectivity index (χ1v) is 12.8. The Morgan fingerprint density at radius 2 is 1.47 bits per heavy atom. The largest absolute Gasteiger partial charge is 0.506 e. The van der Waals surface area contributed by atoms with Gasteiger partial charge < -0.3 is 14.9 Å². The van der Waals surface area contributed by atoms with Gasteiger partial charge in [0.2, 0.25) is 15.9 Å². The van der Waals surface area contributed by atoms with Crippen molar-refractivity contribution >= 4 is 27.4 Å². The Morgan fingerprint density at radius 3 is 2.06 bits per heavy atom. The number of amides is 1. The molecule has 2 aliphatic heterocycles. The Kier molecular flexibility index (Phi) is 7.20. The number of nitrogens with zero attached hydrogens (tertiary/aromatic N) is 4. The van der Waals surface area contributed by atoms with Crippen LogP contribution in [0.1, 0.15) is 17.3 Å². The lowest BCUT2D eigenvalue weighted by Gasteiger charge is -2.38. The minimum absolute atomic E-state index is 0.00105. The first-order chi connectivity index (χ1) is 16.3. The number of hydrogen-bond donors (Lipinski definition) is 1. The van der Waals surface area contributed by atoms with Gasteiger partial charge in [-0.15, -0.1) is 0 Å². The van der Waals surface area contributed by atoms with Crippen molar-refractivity contribution < 1.29 is 23.1 Å². The summed E-state index contributed by atoms with van der Waals surface area (Å²) in [7, 11) is -3.67. The summed E-state index contributed by atoms with van der Waals surface area (Å²) in [6, 6.07) is 13.2. The summed E-state index contributed by atoms with van der Waals surface area (Å²) in [5.41, 5.74) is 1.28. The van der Waals surface area contributed by atoms with Crippen molar-refractivity contribution in [3.05, 3.63) is 54.1 Å². The van der Waals surface area contributed by atoms with Gasteiger partial charge in [-0.05, 0) is 31.2 Å². The molecule has 2 aromatic carbocycles. The van der Waals surface area contributed by atoms with E-state index in [1.54, 1.807) is 17.0 Å². The number of phenolic OH excluding ortho intramolecular Hbond substituents is 1. The van der Waals surface area contributed by atoms with Crippen molar-refractivity contribution in [1.82, 2.24) is 14.1 Å². The fraction of sp³-hybridized carbons (Fsp3) is 0.417. The second kappa shape index (κ2) is 10.1. The van der Waals surface area contributed by atoms with E-state index in [9.17, 15) is 23.1 Å². The van der Waals surface area contributed by atoms with E-state index in [0.717, 1.165) is 18.8 Å². The molecule has 10 heteroatoms. The summed E-state index contributed by atoms with van der Waals surface area (Å²) < 4.78 is 27.3. The Labute approximate surface area is 200 Å². The van der Waals surface area contributed by atoms with E-state index in [0.29, 0.717) is 38.3 Å². The number of Topliss-reactive ketones (excluding diaryl/α,β-unsaturated/α-hetero) is 1. The predicted molar refractivity (Wildman–Crippen MR) is 129 cm³/mol. The van der Waals surface area contributed by atoms with Gasteiger partial charge in [0.15, 0.2) is 5.78 Å². The molecule has 9 nitrogen and oxygen atoms in total. The highest BCUT2D eigenvalue weighted by Crippen LogP contribution is 2.27. The lowest BCUT2D eigenvalue weighted by molar-refractivity contribution is -0.133. The fourth-order valence-corrected chi connectivity index (χ4v) is 5.78. The molecule has 0 atom stereocenters. The molecule has 0 aliphatic carbocycles. The minimum Gasteiger partial charge on any atom is -0.506 e. The molecule has 0 aromatic heterocycles. The molecule has 1 amide bonds. The Hall–Kier alpha value is -2.95. The number of hydrogen-bond acceptors (Lipinski definition) is 7. The highest BCUT2D eigenvalue weighted by Gasteiger charge is 2.31. The van der Waals surface area contributed by atoms with Crippen LogP contribution < -0.4 is 4.90 Å². The first-order valence-electron chi connectivity index (χ1n) is 11.4. The van der Waals surface area contributed by atoms with Gasteiger partial charge in [-0.1, -0.05) is 24.3 Å². The van der Waals surface area contributed by atoms with Gasteiger partial charge in [-0.25, -0.2) is 8.42 Å². The molecule has 0 spiro atoms. The van der Waals surface area contributed by atoms with Crippen LogP contribution in [0.15, 0.2) is 53.4 Å². The van der Waals surface area contributed by atoms with Crippen LogP contribution in [0.4, 0.5) is 5.69 Å². The summed E-state index contributed by atoms with van der Waals surface area (Å²) in [5, 5.41) is 10.1. The van der Waals surface area contributed by atoms with Crippen LogP contribution in [0, 0.1) is 0 Å². The normalized spacial score (nSPS) is 18.1. The number of sulfonamides is 1. The van der Waals surface area contributed by atoms with Crippen molar-refractivity contribution in [3.63, 3.8) is 0 Å². The SMILES string of the molecule is CC(=O)c1ccc(S(=O)(=O)N2CCN(C(=O)CN3CCN(c4ccccc4O)CC3)CC2)cc1. The minimum atomic E-state index is -3.67. The zero-order valence-electron chi connectivity index (χ0n) is 19.3. The van der Waals surface area contributed by atoms with E-state index in [4.69, 9.17) is 0 Å². The number of benzene rings is 2. The topological polar surface area (TPSA) is 101 Å². The van der Waals surface area contributed by atoms with Crippen LogP contribution in [0.25, 0.3) is 0 Å². The van der Waals surface area contributed by atoms with Crippen molar-refractivity contribution in [2.24, 2.45) is 0 Å². The average Bonchev–Trinajstić information content (AvgIpc) is 2.85. The number of phenols is 1. The molecule has 2 aliphatic rings. The number of ketones is 1. The Bertz CT molecular complexity index is 1140. The van der Waals surface area contributed by atoms with Crippen LogP contribution in [0.3, 0.4) is 0 Å². The summed E-state index contributed by atoms with van der Waals surface area (Å²) >= 11 is 0. The van der Waals surface area contributed by atoms with E-state index in [-0.39, 0.29) is 35.4 Å². The van der Waals surface area contributed by atoms with E-state index >= 15 is 0 Å². The molecule has 2 heterocycles. The number of carbonyl (C=O) groups is 2. The zero-order valence-corrected chi connectivity index (χ0v) is 20.1. The highest BCUT2D eigenvalue weighted by atomic mass is 32.2. The van der Waals surface area contributed by atoms with Crippen LogP contribution in [0.2, 0.25) is 0 Å². The molecule has 0 bridgehead atoms. The van der Waals surface area contributed by atoms with Crippen LogP contribution >= 0.6 is 0 Å². The van der Waals surface area contributed by atoms with Gasteiger partial charge >= 0.3 is 0 Å². The maximum atomic E-state index is 12.9. The van der Waals surface area contributed by atoms with Gasteiger partial charge in [0.05, 0.1) is 17.1 Å². The second-order valence-electron chi connectivity index (χ2n) is 8.62. The molecule has 2 aromatic rings. The molecular formula is C24H30N4O5S. The van der Waals surface area contributed by atoms with E-state index in [2.05, 4.69) is 9.80 Å². The van der Waals surface area contributed by atoms with Crippen molar-refractivity contribution in [3.8, 4) is 5.75 Å². The lowest BCUT2D eigenvalue weighted by Crippen LogP contribution is -2.54. The molecule has 2 saturated heterocycles. The zero-order chi connectivity index (χ0) is 24.3. The first kappa shape index (κ1) is 24.2. The number of carbonyl (C=O) groups excluding carboxylic acids is 2. The van der Waals surface area contributed by atoms with E-state index in [1.807, 2.05) is 12.1 Å². The summed E-state index contributed by atoms with van der Waals surface area (Å²) in [6.07, 6.45) is 0. The summed E-state index contributed by atoms with van der Waals surface area (Å²) in [5.74, 6) is 0.143. The molecule has 4 rings (SSSR count). The smallest absolute Gasteiger partial charge is 0.243 e. The maximum absolute atomic E-state index is 12.9. The third-order valence-corrected chi connectivity index (χ3v) is 8.36. The number of rotatable bonds is 6. The lowest BCUT2D eigenvalue weighted by atomic mass is 10.2. The molecule has 182 valence electrons. The van der Waals surface area contributed by atoms with Crippen LogP contribution in [-0.2, 0) is 14.8 Å². The number of piperazine rings is 2. The van der Waals surface area contributed by atoms with Gasteiger partial charge in [-0.2, -0.15) is 4.31 Å². The second-order valence-corrected chi connectivity index (χ2v) is 10.6. The van der Waals surface area contributed by atoms with E-state index < -0.39 is 10.0 Å². The number of anilines is 1. The number of para-hydroxylation sites is 2. The highest BCUT2D eigenvalue weighted by molar-refractivity contribution is 7.89. The molecule has 2 fully saturated rings. The molecule has 0 unspecified atom stereocenters. The van der Waals surface area contributed by atoms with Gasteiger partial charge in [0.1, 0.15) is 5.75 Å². The van der Waals surface area contributed by atoms with Crippen molar-refractivity contribution in [2.75, 3.05) is 63.8 Å². The quantitative estimate of drug-likeness (QED) is 0.613. The standard InChI is InChI=1S/C24H30N4O5S/c1-19(29)20-6-8-21(9-7-20)34(32,33)28-16-14-27(15-17-28)24(31)18-25-10-12-26(13-11-25)22-4-2-3-5-23(22)30/h2-9,30H,10-18H2,1H3. The van der Waals surface area contributed by atoms with Gasteiger partial charge in [0.25, 0.3) is 0 Å². The van der Waals surface area contributed by atoms with Gasteiger partial charge in [0, 0.05) is 57.9 Å². The van der Waals surface area contributed by atoms with Crippen LogP contribution in [0.5, 0.6) is 5.75 Å². The van der Waals surface area contributed by atoms with Crippen LogP contribution in [-0.4, -0.2) is 98.2 Å². The molecule has 0 saturated carbocycles.